The van der Waals surface area contributed by atoms with Gasteiger partial charge in [0.25, 0.3) is 5.91 Å². The fourth-order valence-corrected chi connectivity index (χ4v) is 3.12. The average Bonchev–Trinajstić information content (AvgIpc) is 2.67. The fourth-order valence-electron chi connectivity index (χ4n) is 3.12. The maximum Gasteiger partial charge on any atom is 0.257 e. The van der Waals surface area contributed by atoms with Gasteiger partial charge in [0.2, 0.25) is 0 Å². The molecule has 0 saturated heterocycles. The van der Waals surface area contributed by atoms with E-state index in [1.807, 2.05) is 27.7 Å². The number of amides is 1. The van der Waals surface area contributed by atoms with Crippen molar-refractivity contribution in [2.45, 2.75) is 52.0 Å². The molecule has 0 saturated carbocycles. The van der Waals surface area contributed by atoms with E-state index in [4.69, 9.17) is 16.2 Å². The third-order valence-corrected chi connectivity index (χ3v) is 4.56. The molecule has 0 bridgehead atoms. The summed E-state index contributed by atoms with van der Waals surface area (Å²) in [5.41, 5.74) is 14.7. The standard InChI is InChI=1S/C21H31N5O3/c1-12(2)15-9-16(17(27)10-18(15)29-5)19(22)26(14-7-6-8-24-11-14)20(23)21(28)25-13(3)4/h6-13,19-20,27H,22-23H2,1-5H3,(H,25,28). The Morgan fingerprint density at radius 3 is 2.41 bits per heavy atom. The van der Waals surface area contributed by atoms with Crippen LogP contribution in [0, 0.1) is 0 Å². The molecule has 158 valence electrons. The highest BCUT2D eigenvalue weighted by Gasteiger charge is 2.30. The summed E-state index contributed by atoms with van der Waals surface area (Å²) >= 11 is 0. The predicted molar refractivity (Wildman–Crippen MR) is 114 cm³/mol. The van der Waals surface area contributed by atoms with Gasteiger partial charge < -0.3 is 31.5 Å². The minimum Gasteiger partial charge on any atom is -0.507 e. The highest BCUT2D eigenvalue weighted by atomic mass is 16.5. The van der Waals surface area contributed by atoms with Crippen molar-refractivity contribution >= 4 is 11.6 Å². The molecule has 1 aromatic heterocycles. The van der Waals surface area contributed by atoms with Gasteiger partial charge in [0, 0.05) is 23.9 Å². The van der Waals surface area contributed by atoms with Gasteiger partial charge in [0.05, 0.1) is 19.0 Å². The second-order valence-corrected chi connectivity index (χ2v) is 7.48. The summed E-state index contributed by atoms with van der Waals surface area (Å²) in [5.74, 6) is 0.296. The normalized spacial score (nSPS) is 13.3. The minimum absolute atomic E-state index is 0.0379. The van der Waals surface area contributed by atoms with Crippen LogP contribution in [-0.2, 0) is 4.79 Å². The van der Waals surface area contributed by atoms with Gasteiger partial charge >= 0.3 is 0 Å². The zero-order valence-electron chi connectivity index (χ0n) is 17.6. The Morgan fingerprint density at radius 2 is 1.90 bits per heavy atom. The number of pyridine rings is 1. The third kappa shape index (κ3) is 5.16. The molecular formula is C21H31N5O3. The van der Waals surface area contributed by atoms with E-state index < -0.39 is 12.3 Å². The molecule has 0 spiro atoms. The van der Waals surface area contributed by atoms with Crippen LogP contribution < -0.4 is 26.4 Å². The summed E-state index contributed by atoms with van der Waals surface area (Å²) in [6, 6.07) is 6.74. The Bertz CT molecular complexity index is 827. The van der Waals surface area contributed by atoms with E-state index in [2.05, 4.69) is 10.3 Å². The number of nitrogens with two attached hydrogens (primary N) is 2. The van der Waals surface area contributed by atoms with E-state index in [1.54, 1.807) is 37.7 Å². The smallest absolute Gasteiger partial charge is 0.257 e. The molecule has 0 radical (unpaired) electrons. The minimum atomic E-state index is -1.08. The number of aromatic nitrogens is 1. The van der Waals surface area contributed by atoms with Crippen molar-refractivity contribution in [3.05, 3.63) is 47.8 Å². The van der Waals surface area contributed by atoms with Crippen molar-refractivity contribution in [3.63, 3.8) is 0 Å². The summed E-state index contributed by atoms with van der Waals surface area (Å²) in [6.07, 6.45) is 1.22. The molecule has 0 aliphatic carbocycles. The Labute approximate surface area is 171 Å². The number of nitrogens with zero attached hydrogens (tertiary/aromatic N) is 2. The zero-order chi connectivity index (χ0) is 21.7. The Hall–Kier alpha value is -2.84. The number of nitrogens with one attached hydrogen (secondary N) is 1. The van der Waals surface area contributed by atoms with Crippen molar-refractivity contribution in [1.82, 2.24) is 10.3 Å². The number of rotatable bonds is 8. The van der Waals surface area contributed by atoms with E-state index in [0.29, 0.717) is 17.0 Å². The number of hydrogen-bond donors (Lipinski definition) is 4. The summed E-state index contributed by atoms with van der Waals surface area (Å²) in [7, 11) is 1.55. The number of carbonyl (C=O) groups excluding carboxylic acids is 1. The molecule has 29 heavy (non-hydrogen) atoms. The number of phenols is 1. The quantitative estimate of drug-likeness (QED) is 0.499. The van der Waals surface area contributed by atoms with Gasteiger partial charge in [0.1, 0.15) is 17.7 Å². The van der Waals surface area contributed by atoms with E-state index in [1.165, 1.54) is 11.0 Å². The van der Waals surface area contributed by atoms with Crippen LogP contribution in [0.3, 0.4) is 0 Å². The maximum atomic E-state index is 12.6. The molecule has 8 heteroatoms. The van der Waals surface area contributed by atoms with Crippen LogP contribution in [0.2, 0.25) is 0 Å². The van der Waals surface area contributed by atoms with Crippen LogP contribution in [0.4, 0.5) is 5.69 Å². The maximum absolute atomic E-state index is 12.6. The second-order valence-electron chi connectivity index (χ2n) is 7.48. The number of carbonyl (C=O) groups is 1. The lowest BCUT2D eigenvalue weighted by Gasteiger charge is -2.36. The number of aromatic hydroxyl groups is 1. The molecule has 0 aliphatic heterocycles. The van der Waals surface area contributed by atoms with Crippen molar-refractivity contribution in [1.29, 1.82) is 0 Å². The topological polar surface area (TPSA) is 127 Å². The first-order valence-electron chi connectivity index (χ1n) is 9.58. The lowest BCUT2D eigenvalue weighted by Crippen LogP contribution is -2.56. The molecule has 1 aromatic carbocycles. The van der Waals surface area contributed by atoms with Gasteiger partial charge in [-0.05, 0) is 43.5 Å². The molecule has 2 aromatic rings. The fraction of sp³-hybridized carbons (Fsp3) is 0.429. The lowest BCUT2D eigenvalue weighted by atomic mass is 9.97. The number of benzene rings is 1. The number of phenolic OH excluding ortho intramolecular Hbond substituents is 1. The van der Waals surface area contributed by atoms with Gasteiger partial charge in [0.15, 0.2) is 6.17 Å². The summed E-state index contributed by atoms with van der Waals surface area (Å²) in [6.45, 7) is 7.74. The molecule has 1 amide bonds. The van der Waals surface area contributed by atoms with E-state index in [9.17, 15) is 9.90 Å². The van der Waals surface area contributed by atoms with E-state index in [0.717, 1.165) is 5.56 Å². The zero-order valence-corrected chi connectivity index (χ0v) is 17.6. The van der Waals surface area contributed by atoms with Crippen molar-refractivity contribution in [2.75, 3.05) is 12.0 Å². The molecule has 2 atom stereocenters. The molecule has 0 aliphatic rings. The first kappa shape index (κ1) is 22.4. The summed E-state index contributed by atoms with van der Waals surface area (Å²) in [5, 5.41) is 13.4. The molecular weight excluding hydrogens is 370 g/mol. The van der Waals surface area contributed by atoms with Gasteiger partial charge in [-0.15, -0.1) is 0 Å². The second kappa shape index (κ2) is 9.58. The van der Waals surface area contributed by atoms with Crippen LogP contribution >= 0.6 is 0 Å². The first-order chi connectivity index (χ1) is 13.7. The average molecular weight is 402 g/mol. The predicted octanol–water partition coefficient (Wildman–Crippen LogP) is 2.19. The SMILES string of the molecule is COc1cc(O)c(C(N)N(c2cccnc2)C(N)C(=O)NC(C)C)cc1C(C)C. The summed E-state index contributed by atoms with van der Waals surface area (Å²) < 4.78 is 5.38. The first-order valence-corrected chi connectivity index (χ1v) is 9.58. The monoisotopic (exact) mass is 401 g/mol. The molecule has 2 unspecified atom stereocenters. The molecule has 1 heterocycles. The lowest BCUT2D eigenvalue weighted by molar-refractivity contribution is -0.123. The van der Waals surface area contributed by atoms with Crippen molar-refractivity contribution < 1.29 is 14.6 Å². The van der Waals surface area contributed by atoms with Gasteiger partial charge in [-0.1, -0.05) is 13.8 Å². The van der Waals surface area contributed by atoms with Gasteiger partial charge in [-0.25, -0.2) is 0 Å². The molecule has 0 fully saturated rings. The van der Waals surface area contributed by atoms with Crippen LogP contribution in [0.25, 0.3) is 0 Å². The number of methoxy groups -OCH3 is 1. The van der Waals surface area contributed by atoms with Crippen LogP contribution in [0.5, 0.6) is 11.5 Å². The number of anilines is 1. The largest absolute Gasteiger partial charge is 0.507 e. The molecule has 2 rings (SSSR count). The highest BCUT2D eigenvalue weighted by Crippen LogP contribution is 2.37. The van der Waals surface area contributed by atoms with Crippen LogP contribution in [0.15, 0.2) is 36.7 Å². The van der Waals surface area contributed by atoms with Gasteiger partial charge in [-0.3, -0.25) is 9.78 Å². The number of ether oxygens (including phenoxy) is 1. The van der Waals surface area contributed by atoms with Crippen molar-refractivity contribution in [3.8, 4) is 11.5 Å². The van der Waals surface area contributed by atoms with Crippen LogP contribution in [-0.4, -0.2) is 35.3 Å². The molecule has 8 nitrogen and oxygen atoms in total. The van der Waals surface area contributed by atoms with E-state index >= 15 is 0 Å². The Morgan fingerprint density at radius 1 is 1.21 bits per heavy atom. The number of hydrogen-bond acceptors (Lipinski definition) is 7. The van der Waals surface area contributed by atoms with Gasteiger partial charge in [-0.2, -0.15) is 0 Å². The highest BCUT2D eigenvalue weighted by molar-refractivity contribution is 5.85. The van der Waals surface area contributed by atoms with Crippen molar-refractivity contribution in [2.24, 2.45) is 11.5 Å². The Kier molecular flexibility index (Phi) is 7.41. The summed E-state index contributed by atoms with van der Waals surface area (Å²) in [4.78, 5) is 18.3. The Balaban J connectivity index is 2.54. The van der Waals surface area contributed by atoms with Crippen LogP contribution in [0.1, 0.15) is 50.9 Å². The third-order valence-electron chi connectivity index (χ3n) is 4.56. The molecule has 6 N–H and O–H groups in total. The van der Waals surface area contributed by atoms with E-state index in [-0.39, 0.29) is 23.6 Å².